The number of nitrogens with zero attached hydrogens (tertiary/aromatic N) is 2. The fourth-order valence-electron chi connectivity index (χ4n) is 2.81. The summed E-state index contributed by atoms with van der Waals surface area (Å²) in [6.45, 7) is 4.00. The van der Waals surface area contributed by atoms with Crippen molar-refractivity contribution in [2.45, 2.75) is 31.7 Å². The van der Waals surface area contributed by atoms with Crippen LogP contribution in [0.25, 0.3) is 10.8 Å². The van der Waals surface area contributed by atoms with Crippen molar-refractivity contribution in [1.29, 1.82) is 0 Å². The Morgan fingerprint density at radius 3 is 2.79 bits per heavy atom. The second-order valence-electron chi connectivity index (χ2n) is 6.15. The Balaban J connectivity index is 2.25. The molecule has 6 heteroatoms. The molecule has 124 valence electrons. The van der Waals surface area contributed by atoms with Crippen LogP contribution >= 0.6 is 11.6 Å². The summed E-state index contributed by atoms with van der Waals surface area (Å²) in [4.78, 5) is 20.8. The Kier molecular flexibility index (Phi) is 4.28. The molecule has 0 fully saturated rings. The van der Waals surface area contributed by atoms with Crippen LogP contribution in [0.2, 0.25) is 5.15 Å². The Hall–Kier alpha value is -2.40. The first-order valence-corrected chi connectivity index (χ1v) is 8.11. The minimum Gasteiger partial charge on any atom is -0.480 e. The molecular formula is C18H18ClN3O2. The molecule has 0 aromatic carbocycles. The Morgan fingerprint density at radius 1 is 1.38 bits per heavy atom. The molecule has 5 nitrogen and oxygen atoms in total. The molecule has 2 aromatic rings. The van der Waals surface area contributed by atoms with Crippen LogP contribution in [-0.2, 0) is 10.2 Å². The van der Waals surface area contributed by atoms with E-state index in [1.54, 1.807) is 30.5 Å². The number of allylic oxidation sites excluding steroid dienone is 3. The lowest BCUT2D eigenvalue weighted by Gasteiger charge is -2.27. The lowest BCUT2D eigenvalue weighted by molar-refractivity contribution is -0.142. The highest BCUT2D eigenvalue weighted by molar-refractivity contribution is 6.30. The van der Waals surface area contributed by atoms with Crippen molar-refractivity contribution < 1.29 is 9.90 Å². The summed E-state index contributed by atoms with van der Waals surface area (Å²) in [5, 5.41) is 15.1. The number of hydrogen-bond donors (Lipinski definition) is 2. The van der Waals surface area contributed by atoms with Crippen LogP contribution in [0.4, 0.5) is 5.82 Å². The van der Waals surface area contributed by atoms with E-state index >= 15 is 0 Å². The highest BCUT2D eigenvalue weighted by atomic mass is 35.5. The van der Waals surface area contributed by atoms with Gasteiger partial charge in [0.1, 0.15) is 16.4 Å². The average Bonchev–Trinajstić information content (AvgIpc) is 2.55. The third kappa shape index (κ3) is 2.87. The van der Waals surface area contributed by atoms with E-state index < -0.39 is 11.4 Å². The molecule has 0 radical (unpaired) electrons. The second-order valence-corrected chi connectivity index (χ2v) is 6.54. The van der Waals surface area contributed by atoms with Crippen LogP contribution in [0.3, 0.4) is 0 Å². The quantitative estimate of drug-likeness (QED) is 0.822. The predicted molar refractivity (Wildman–Crippen MR) is 95.5 cm³/mol. The normalized spacial score (nSPS) is 19.8. The number of nitrogens with one attached hydrogen (secondary N) is 1. The molecule has 1 aliphatic rings. The Morgan fingerprint density at radius 2 is 2.17 bits per heavy atom. The molecule has 2 N–H and O–H groups in total. The number of halogens is 1. The van der Waals surface area contributed by atoms with Crippen LogP contribution in [0.15, 0.2) is 42.6 Å². The van der Waals surface area contributed by atoms with E-state index in [0.717, 1.165) is 10.8 Å². The molecular weight excluding hydrogens is 326 g/mol. The summed E-state index contributed by atoms with van der Waals surface area (Å²) in [5.41, 5.74) is -0.689. The molecule has 0 saturated heterocycles. The Labute approximate surface area is 145 Å². The summed E-state index contributed by atoms with van der Waals surface area (Å²) < 4.78 is 0. The van der Waals surface area contributed by atoms with E-state index in [1.165, 1.54) is 0 Å². The Bertz CT molecular complexity index is 861. The number of carboxylic acids is 1. The third-order valence-electron chi connectivity index (χ3n) is 4.01. The van der Waals surface area contributed by atoms with Gasteiger partial charge in [-0.25, -0.2) is 9.97 Å². The van der Waals surface area contributed by atoms with Crippen LogP contribution in [0, 0.1) is 0 Å². The van der Waals surface area contributed by atoms with Crippen LogP contribution in [0.1, 0.15) is 26.0 Å². The smallest absolute Gasteiger partial charge is 0.319 e. The number of carboxylic acid groups (broad SMARTS) is 1. The van der Waals surface area contributed by atoms with E-state index in [0.29, 0.717) is 23.1 Å². The van der Waals surface area contributed by atoms with Gasteiger partial charge in [0, 0.05) is 23.0 Å². The standard InChI is InChI=1S/C18H18ClN3O2/c1-11(2)21-16-13-9-15(19)20-10-12(13)8-14(22-16)18(17(23)24)6-4-3-5-7-18/h3-6,8-11H,7H2,1-2H3,(H,21,22)(H,23,24)/t18-/m0/s1. The largest absolute Gasteiger partial charge is 0.480 e. The summed E-state index contributed by atoms with van der Waals surface area (Å²) in [6, 6.07) is 3.66. The van der Waals surface area contributed by atoms with Crippen molar-refractivity contribution in [3.63, 3.8) is 0 Å². The molecule has 0 bridgehead atoms. The average molecular weight is 344 g/mol. The van der Waals surface area contributed by atoms with Crippen LogP contribution in [0.5, 0.6) is 0 Å². The maximum Gasteiger partial charge on any atom is 0.319 e. The summed E-state index contributed by atoms with van der Waals surface area (Å²) in [7, 11) is 0. The molecule has 24 heavy (non-hydrogen) atoms. The number of hydrogen-bond acceptors (Lipinski definition) is 4. The van der Waals surface area contributed by atoms with Gasteiger partial charge in [-0.3, -0.25) is 4.79 Å². The van der Waals surface area contributed by atoms with Gasteiger partial charge in [-0.2, -0.15) is 0 Å². The molecule has 0 spiro atoms. The highest BCUT2D eigenvalue weighted by Gasteiger charge is 2.39. The van der Waals surface area contributed by atoms with Crippen molar-refractivity contribution in [1.82, 2.24) is 9.97 Å². The fraction of sp³-hybridized carbons (Fsp3) is 0.278. The molecule has 0 saturated carbocycles. The molecule has 2 aromatic heterocycles. The first-order chi connectivity index (χ1) is 11.4. The monoisotopic (exact) mass is 343 g/mol. The maximum atomic E-state index is 12.0. The maximum absolute atomic E-state index is 12.0. The summed E-state index contributed by atoms with van der Waals surface area (Å²) >= 11 is 6.01. The zero-order chi connectivity index (χ0) is 17.3. The van der Waals surface area contributed by atoms with Gasteiger partial charge in [0.2, 0.25) is 0 Å². The van der Waals surface area contributed by atoms with Gasteiger partial charge in [0.25, 0.3) is 0 Å². The van der Waals surface area contributed by atoms with Gasteiger partial charge in [-0.05, 0) is 32.4 Å². The minimum absolute atomic E-state index is 0.144. The van der Waals surface area contributed by atoms with Gasteiger partial charge < -0.3 is 10.4 Å². The lowest BCUT2D eigenvalue weighted by atomic mass is 9.78. The minimum atomic E-state index is -1.17. The van der Waals surface area contributed by atoms with Gasteiger partial charge in [0.15, 0.2) is 0 Å². The van der Waals surface area contributed by atoms with Crippen molar-refractivity contribution in [3.05, 3.63) is 53.5 Å². The van der Waals surface area contributed by atoms with Gasteiger partial charge >= 0.3 is 5.97 Å². The van der Waals surface area contributed by atoms with Crippen LogP contribution < -0.4 is 5.32 Å². The highest BCUT2D eigenvalue weighted by Crippen LogP contribution is 2.36. The van der Waals surface area contributed by atoms with E-state index in [9.17, 15) is 9.90 Å². The van der Waals surface area contributed by atoms with E-state index in [-0.39, 0.29) is 6.04 Å². The van der Waals surface area contributed by atoms with E-state index in [1.807, 2.05) is 26.0 Å². The van der Waals surface area contributed by atoms with Gasteiger partial charge in [0.05, 0.1) is 5.69 Å². The van der Waals surface area contributed by atoms with E-state index in [4.69, 9.17) is 11.6 Å². The van der Waals surface area contributed by atoms with Crippen molar-refractivity contribution in [2.75, 3.05) is 5.32 Å². The van der Waals surface area contributed by atoms with Gasteiger partial charge in [-0.1, -0.05) is 35.9 Å². The number of pyridine rings is 2. The summed E-state index contributed by atoms with van der Waals surface area (Å²) in [6.07, 6.45) is 9.13. The zero-order valence-corrected chi connectivity index (χ0v) is 14.2. The van der Waals surface area contributed by atoms with E-state index in [2.05, 4.69) is 15.3 Å². The summed E-state index contributed by atoms with van der Waals surface area (Å²) in [5.74, 6) is -0.308. The number of anilines is 1. The lowest BCUT2D eigenvalue weighted by Crippen LogP contribution is -2.35. The molecule has 0 unspecified atom stereocenters. The first kappa shape index (κ1) is 16.5. The second kappa shape index (κ2) is 6.24. The predicted octanol–water partition coefficient (Wildman–Crippen LogP) is 3.94. The third-order valence-corrected chi connectivity index (χ3v) is 4.22. The number of aliphatic carboxylic acids is 1. The van der Waals surface area contributed by atoms with Crippen molar-refractivity contribution >= 4 is 34.2 Å². The molecule has 0 amide bonds. The van der Waals surface area contributed by atoms with Gasteiger partial charge in [-0.15, -0.1) is 0 Å². The van der Waals surface area contributed by atoms with Crippen LogP contribution in [-0.4, -0.2) is 27.1 Å². The number of rotatable bonds is 4. The topological polar surface area (TPSA) is 75.1 Å². The molecule has 0 aliphatic heterocycles. The van der Waals surface area contributed by atoms with Crippen molar-refractivity contribution in [2.24, 2.45) is 0 Å². The molecule has 1 atom stereocenters. The van der Waals surface area contributed by atoms with Crippen molar-refractivity contribution in [3.8, 4) is 0 Å². The molecule has 2 heterocycles. The fourth-order valence-corrected chi connectivity index (χ4v) is 2.97. The number of carbonyl (C=O) groups is 1. The molecule has 3 rings (SSSR count). The first-order valence-electron chi connectivity index (χ1n) is 7.73. The number of aromatic nitrogens is 2. The SMILES string of the molecule is CC(C)Nc1nc([C@]2(C(=O)O)C=CC=CC2)cc2cnc(Cl)cc12. The zero-order valence-electron chi connectivity index (χ0n) is 13.5. The molecule has 1 aliphatic carbocycles. The number of fused-ring (bicyclic) bond motifs is 1.